The lowest BCUT2D eigenvalue weighted by molar-refractivity contribution is -0.116. The fraction of sp³-hybridized carbons (Fsp3) is 0.150. The van der Waals surface area contributed by atoms with Crippen LogP contribution in [0.2, 0.25) is 0 Å². The molecule has 0 bridgehead atoms. The third-order valence-corrected chi connectivity index (χ3v) is 5.52. The summed E-state index contributed by atoms with van der Waals surface area (Å²) in [6.07, 6.45) is 0.255. The molecule has 1 aliphatic heterocycles. The van der Waals surface area contributed by atoms with Gasteiger partial charge in [-0.05, 0) is 52.7 Å². The third kappa shape index (κ3) is 2.63. The number of benzene rings is 2. The van der Waals surface area contributed by atoms with Crippen LogP contribution in [-0.4, -0.2) is 20.7 Å². The first-order chi connectivity index (χ1) is 13.5. The van der Waals surface area contributed by atoms with Crippen molar-refractivity contribution in [2.24, 2.45) is 0 Å². The first-order valence-corrected chi connectivity index (χ1v) is 9.51. The molecule has 3 heterocycles. The molecule has 0 spiro atoms. The van der Waals surface area contributed by atoms with E-state index in [0.717, 1.165) is 16.8 Å². The summed E-state index contributed by atoms with van der Waals surface area (Å²) < 4.78 is 21.4. The molecule has 1 N–H and O–H groups in total. The lowest BCUT2D eigenvalue weighted by Crippen LogP contribution is -2.25. The van der Waals surface area contributed by atoms with Crippen LogP contribution >= 0.6 is 15.9 Å². The van der Waals surface area contributed by atoms with Crippen molar-refractivity contribution < 1.29 is 13.6 Å². The van der Waals surface area contributed by atoms with Crippen molar-refractivity contribution in [3.8, 4) is 6.01 Å². The maximum absolute atomic E-state index is 13.7. The zero-order valence-corrected chi connectivity index (χ0v) is 16.3. The molecule has 4 aromatic rings. The molecule has 0 radical (unpaired) electrons. The molecule has 0 fully saturated rings. The summed E-state index contributed by atoms with van der Waals surface area (Å²) in [5, 5.41) is 7.46. The van der Waals surface area contributed by atoms with Crippen LogP contribution in [0.5, 0.6) is 0 Å². The molecular weight excluding hydrogens is 427 g/mol. The quantitative estimate of drug-likeness (QED) is 0.490. The van der Waals surface area contributed by atoms with Crippen LogP contribution < -0.4 is 5.32 Å². The largest absolute Gasteiger partial charge is 0.422 e. The van der Waals surface area contributed by atoms with Gasteiger partial charge in [-0.3, -0.25) is 4.79 Å². The highest BCUT2D eigenvalue weighted by molar-refractivity contribution is 9.10. The molecule has 8 heteroatoms. The van der Waals surface area contributed by atoms with Crippen molar-refractivity contribution in [2.45, 2.75) is 19.3 Å². The van der Waals surface area contributed by atoms with Gasteiger partial charge in [0.15, 0.2) is 5.58 Å². The summed E-state index contributed by atoms with van der Waals surface area (Å²) >= 11 is 3.23. The number of halogens is 2. The van der Waals surface area contributed by atoms with Gasteiger partial charge in [0.2, 0.25) is 5.91 Å². The van der Waals surface area contributed by atoms with Crippen molar-refractivity contribution in [1.29, 1.82) is 0 Å². The van der Waals surface area contributed by atoms with Gasteiger partial charge in [0.05, 0.1) is 10.2 Å². The highest BCUT2D eigenvalue weighted by Gasteiger charge is 2.33. The minimum absolute atomic E-state index is 0.143. The molecule has 0 aliphatic carbocycles. The van der Waals surface area contributed by atoms with E-state index in [0.29, 0.717) is 21.4 Å². The van der Waals surface area contributed by atoms with Crippen LogP contribution in [0.15, 0.2) is 51.4 Å². The number of carbonyl (C=O) groups excluding carboxylic acids is 1. The maximum atomic E-state index is 13.7. The Morgan fingerprint density at radius 2 is 2.11 bits per heavy atom. The van der Waals surface area contributed by atoms with Gasteiger partial charge >= 0.3 is 6.01 Å². The van der Waals surface area contributed by atoms with Crippen LogP contribution in [0.1, 0.15) is 29.2 Å². The number of nitrogens with one attached hydrogen (secondary N) is 1. The molecule has 1 atom stereocenters. The predicted octanol–water partition coefficient (Wildman–Crippen LogP) is 4.70. The van der Waals surface area contributed by atoms with Crippen molar-refractivity contribution in [2.75, 3.05) is 5.32 Å². The average Bonchev–Trinajstić information content (AvgIpc) is 3.24. The molecule has 1 amide bonds. The summed E-state index contributed by atoms with van der Waals surface area (Å²) in [5.74, 6) is -0.192. The summed E-state index contributed by atoms with van der Waals surface area (Å²) in [6, 6.07) is 12.5. The Bertz CT molecular complexity index is 1210. The van der Waals surface area contributed by atoms with Crippen LogP contribution in [0, 0.1) is 12.7 Å². The highest BCUT2D eigenvalue weighted by atomic mass is 79.9. The molecule has 6 nitrogen and oxygen atoms in total. The van der Waals surface area contributed by atoms with Gasteiger partial charge in [-0.15, -0.1) is 0 Å². The van der Waals surface area contributed by atoms with Gasteiger partial charge < -0.3 is 9.73 Å². The molecule has 5 rings (SSSR count). The number of aryl methyl sites for hydroxylation is 1. The van der Waals surface area contributed by atoms with E-state index in [1.807, 2.05) is 31.2 Å². The van der Waals surface area contributed by atoms with Crippen LogP contribution in [0.4, 0.5) is 10.2 Å². The van der Waals surface area contributed by atoms with Crippen molar-refractivity contribution in [3.63, 3.8) is 0 Å². The minimum atomic E-state index is -0.344. The lowest BCUT2D eigenvalue weighted by Gasteiger charge is -2.24. The van der Waals surface area contributed by atoms with E-state index in [2.05, 4.69) is 31.3 Å². The Kier molecular flexibility index (Phi) is 3.83. The topological polar surface area (TPSA) is 73.0 Å². The third-order valence-electron chi connectivity index (χ3n) is 4.91. The number of aromatic nitrogens is 3. The summed E-state index contributed by atoms with van der Waals surface area (Å²) in [6.45, 7) is 1.88. The van der Waals surface area contributed by atoms with E-state index in [-0.39, 0.29) is 30.1 Å². The Morgan fingerprint density at radius 1 is 1.29 bits per heavy atom. The van der Waals surface area contributed by atoms with Crippen molar-refractivity contribution >= 4 is 38.8 Å². The molecule has 1 aliphatic rings. The fourth-order valence-corrected chi connectivity index (χ4v) is 4.05. The van der Waals surface area contributed by atoms with E-state index in [4.69, 9.17) is 4.42 Å². The number of hydrogen-bond donors (Lipinski definition) is 1. The number of fused-ring (bicyclic) bond motifs is 2. The summed E-state index contributed by atoms with van der Waals surface area (Å²) in [4.78, 5) is 16.9. The van der Waals surface area contributed by atoms with Gasteiger partial charge in [-0.25, -0.2) is 4.39 Å². The number of oxazole rings is 1. The summed E-state index contributed by atoms with van der Waals surface area (Å²) in [5.41, 5.74) is 3.81. The minimum Gasteiger partial charge on any atom is -0.422 e. The van der Waals surface area contributed by atoms with Crippen LogP contribution in [-0.2, 0) is 4.79 Å². The number of hydrogen-bond acceptors (Lipinski definition) is 4. The van der Waals surface area contributed by atoms with Gasteiger partial charge in [0, 0.05) is 17.9 Å². The van der Waals surface area contributed by atoms with Gasteiger partial charge in [-0.2, -0.15) is 14.8 Å². The first kappa shape index (κ1) is 17.1. The van der Waals surface area contributed by atoms with E-state index in [1.165, 1.54) is 10.7 Å². The zero-order chi connectivity index (χ0) is 19.4. The van der Waals surface area contributed by atoms with Crippen molar-refractivity contribution in [1.82, 2.24) is 14.8 Å². The number of rotatable bonds is 2. The SMILES string of the molecule is Cc1nn(-c2nc3ccccc3o2)c2c1[C@@H](c1ccc(F)c(Br)c1)CC(=O)N2. The Labute approximate surface area is 167 Å². The second-order valence-electron chi connectivity index (χ2n) is 6.70. The van der Waals surface area contributed by atoms with E-state index in [9.17, 15) is 9.18 Å². The Balaban J connectivity index is 1.68. The molecule has 2 aromatic carbocycles. The number of nitrogens with zero attached hydrogens (tertiary/aromatic N) is 3. The molecule has 2 aromatic heterocycles. The summed E-state index contributed by atoms with van der Waals surface area (Å²) in [7, 11) is 0. The molecular formula is C20H14BrFN4O2. The molecule has 140 valence electrons. The lowest BCUT2D eigenvalue weighted by atomic mass is 9.86. The second-order valence-corrected chi connectivity index (χ2v) is 7.56. The number of para-hydroxylation sites is 2. The highest BCUT2D eigenvalue weighted by Crippen LogP contribution is 2.41. The normalized spacial score (nSPS) is 16.2. The van der Waals surface area contributed by atoms with Gasteiger partial charge in [0.1, 0.15) is 17.2 Å². The monoisotopic (exact) mass is 440 g/mol. The first-order valence-electron chi connectivity index (χ1n) is 8.71. The van der Waals surface area contributed by atoms with E-state index >= 15 is 0 Å². The molecule has 0 saturated carbocycles. The number of carbonyl (C=O) groups is 1. The van der Waals surface area contributed by atoms with Gasteiger partial charge in [-0.1, -0.05) is 18.2 Å². The van der Waals surface area contributed by atoms with E-state index < -0.39 is 0 Å². The second kappa shape index (κ2) is 6.27. The van der Waals surface area contributed by atoms with E-state index in [1.54, 1.807) is 12.1 Å². The number of amides is 1. The zero-order valence-electron chi connectivity index (χ0n) is 14.7. The smallest absolute Gasteiger partial charge is 0.325 e. The average molecular weight is 441 g/mol. The standard InChI is InChI=1S/C20H14BrFN4O2/c1-10-18-12(11-6-7-14(22)13(21)8-11)9-17(27)24-19(18)26(25-10)20-23-15-4-2-3-5-16(15)28-20/h2-8,12H,9H2,1H3,(H,24,27)/t12-/m1/s1. The molecule has 0 saturated heterocycles. The maximum Gasteiger partial charge on any atom is 0.325 e. The Morgan fingerprint density at radius 3 is 2.89 bits per heavy atom. The van der Waals surface area contributed by atoms with Crippen LogP contribution in [0.3, 0.4) is 0 Å². The number of anilines is 1. The fourth-order valence-electron chi connectivity index (χ4n) is 3.65. The molecule has 28 heavy (non-hydrogen) atoms. The van der Waals surface area contributed by atoms with Crippen molar-refractivity contribution in [3.05, 3.63) is 69.6 Å². The predicted molar refractivity (Wildman–Crippen MR) is 105 cm³/mol. The molecule has 0 unspecified atom stereocenters. The van der Waals surface area contributed by atoms with Crippen LogP contribution in [0.25, 0.3) is 17.1 Å². The Hall–Kier alpha value is -3.00. The van der Waals surface area contributed by atoms with Gasteiger partial charge in [0.25, 0.3) is 0 Å².